The predicted molar refractivity (Wildman–Crippen MR) is 115 cm³/mol. The van der Waals surface area contributed by atoms with Gasteiger partial charge in [-0.25, -0.2) is 4.79 Å². The van der Waals surface area contributed by atoms with E-state index in [9.17, 15) is 9.59 Å². The molecule has 7 nitrogen and oxygen atoms in total. The zero-order valence-electron chi connectivity index (χ0n) is 18.6. The molecule has 2 heterocycles. The van der Waals surface area contributed by atoms with Gasteiger partial charge in [-0.15, -0.1) is 0 Å². The van der Waals surface area contributed by atoms with E-state index in [1.165, 1.54) is 0 Å². The van der Waals surface area contributed by atoms with Crippen molar-refractivity contribution in [3.63, 3.8) is 0 Å². The zero-order valence-corrected chi connectivity index (χ0v) is 18.6. The van der Waals surface area contributed by atoms with Gasteiger partial charge in [-0.2, -0.15) is 0 Å². The van der Waals surface area contributed by atoms with Gasteiger partial charge in [0.15, 0.2) is 0 Å². The first-order valence-corrected chi connectivity index (χ1v) is 10.9. The highest BCUT2D eigenvalue weighted by molar-refractivity contribution is 5.94. The van der Waals surface area contributed by atoms with Crippen molar-refractivity contribution in [1.29, 1.82) is 0 Å². The first-order valence-electron chi connectivity index (χ1n) is 10.9. The number of amides is 2. The number of carbonyl (C=O) groups excluding carboxylic acids is 2. The summed E-state index contributed by atoms with van der Waals surface area (Å²) in [6.07, 6.45) is 2.63. The molecule has 3 rings (SSSR count). The van der Waals surface area contributed by atoms with Gasteiger partial charge in [0, 0.05) is 50.3 Å². The molecule has 1 aromatic carbocycles. The van der Waals surface area contributed by atoms with Crippen LogP contribution in [0.5, 0.6) is 0 Å². The van der Waals surface area contributed by atoms with Crippen LogP contribution in [-0.4, -0.2) is 61.4 Å². The molecule has 2 N–H and O–H groups in total. The molecule has 2 fully saturated rings. The summed E-state index contributed by atoms with van der Waals surface area (Å²) in [4.78, 5) is 26.5. The van der Waals surface area contributed by atoms with E-state index in [-0.39, 0.29) is 30.0 Å². The highest BCUT2D eigenvalue weighted by atomic mass is 16.6. The molecular weight excluding hydrogens is 382 g/mol. The van der Waals surface area contributed by atoms with E-state index >= 15 is 0 Å². The predicted octanol–water partition coefficient (Wildman–Crippen LogP) is 2.94. The lowest BCUT2D eigenvalue weighted by molar-refractivity contribution is -0.0168. The van der Waals surface area contributed by atoms with Gasteiger partial charge >= 0.3 is 6.09 Å². The van der Waals surface area contributed by atoms with Gasteiger partial charge in [0.1, 0.15) is 5.60 Å². The van der Waals surface area contributed by atoms with Gasteiger partial charge < -0.3 is 25.0 Å². The molecule has 3 atom stereocenters. The Bertz CT molecular complexity index is 746. The molecule has 0 radical (unpaired) electrons. The van der Waals surface area contributed by atoms with Crippen LogP contribution in [0, 0.1) is 5.92 Å². The molecule has 1 aromatic rings. The number of benzene rings is 1. The van der Waals surface area contributed by atoms with E-state index in [2.05, 4.69) is 10.6 Å². The standard InChI is InChI=1S/C23H35N3O4/c1-23(2,3)30-22(28)26-11-6-9-20(26)18-15-29-12-10-19(18)25-14-16-7-5-8-17(13-16)21(27)24-4/h5,7-8,13,18-20,25H,6,9-12,14-15H2,1-4H3,(H,24,27)/t18-,19+,20-/m0/s1. The minimum absolute atomic E-state index is 0.0836. The van der Waals surface area contributed by atoms with Gasteiger partial charge in [-0.05, 0) is 57.7 Å². The molecule has 0 unspecified atom stereocenters. The smallest absolute Gasteiger partial charge is 0.410 e. The van der Waals surface area contributed by atoms with E-state index in [4.69, 9.17) is 9.47 Å². The second-order valence-corrected chi connectivity index (χ2v) is 9.18. The normalized spacial score (nSPS) is 24.5. The Hall–Kier alpha value is -2.12. The lowest BCUT2D eigenvalue weighted by atomic mass is 9.87. The molecule has 7 heteroatoms. The van der Waals surface area contributed by atoms with Crippen LogP contribution < -0.4 is 10.6 Å². The van der Waals surface area contributed by atoms with Crippen LogP contribution in [0.3, 0.4) is 0 Å². The summed E-state index contributed by atoms with van der Waals surface area (Å²) in [7, 11) is 1.64. The van der Waals surface area contributed by atoms with Crippen molar-refractivity contribution >= 4 is 12.0 Å². The number of hydrogen-bond acceptors (Lipinski definition) is 5. The van der Waals surface area contributed by atoms with Crippen LogP contribution in [-0.2, 0) is 16.0 Å². The van der Waals surface area contributed by atoms with Crippen LogP contribution in [0.1, 0.15) is 56.0 Å². The highest BCUT2D eigenvalue weighted by Crippen LogP contribution is 2.31. The van der Waals surface area contributed by atoms with Gasteiger partial charge in [0.2, 0.25) is 0 Å². The molecule has 0 aromatic heterocycles. The number of carbonyl (C=O) groups is 2. The van der Waals surface area contributed by atoms with Crippen molar-refractivity contribution < 1.29 is 19.1 Å². The summed E-state index contributed by atoms with van der Waals surface area (Å²) in [6, 6.07) is 8.03. The Balaban J connectivity index is 1.66. The highest BCUT2D eigenvalue weighted by Gasteiger charge is 2.41. The van der Waals surface area contributed by atoms with E-state index < -0.39 is 5.60 Å². The van der Waals surface area contributed by atoms with Gasteiger partial charge in [-0.3, -0.25) is 4.79 Å². The summed E-state index contributed by atoms with van der Waals surface area (Å²) in [5.74, 6) is 0.135. The molecule has 166 valence electrons. The lowest BCUT2D eigenvalue weighted by Crippen LogP contribution is -2.53. The summed E-state index contributed by atoms with van der Waals surface area (Å²) >= 11 is 0. The maximum Gasteiger partial charge on any atom is 0.410 e. The van der Waals surface area contributed by atoms with Crippen molar-refractivity contribution in [3.8, 4) is 0 Å². The van der Waals surface area contributed by atoms with Gasteiger partial charge in [0.25, 0.3) is 5.91 Å². The van der Waals surface area contributed by atoms with Crippen molar-refractivity contribution in [2.24, 2.45) is 5.92 Å². The Kier molecular flexibility index (Phi) is 7.36. The maximum absolute atomic E-state index is 12.7. The molecular formula is C23H35N3O4. The topological polar surface area (TPSA) is 79.9 Å². The second-order valence-electron chi connectivity index (χ2n) is 9.18. The third-order valence-corrected chi connectivity index (χ3v) is 5.81. The quantitative estimate of drug-likeness (QED) is 0.770. The summed E-state index contributed by atoms with van der Waals surface area (Å²) in [6.45, 7) is 8.46. The van der Waals surface area contributed by atoms with Crippen LogP contribution in [0.25, 0.3) is 0 Å². The van der Waals surface area contributed by atoms with E-state index in [1.54, 1.807) is 7.05 Å². The fourth-order valence-corrected chi connectivity index (χ4v) is 4.39. The zero-order chi connectivity index (χ0) is 21.7. The average Bonchev–Trinajstić information content (AvgIpc) is 3.21. The monoisotopic (exact) mass is 417 g/mol. The molecule has 0 aliphatic carbocycles. The average molecular weight is 418 g/mol. The Labute approximate surface area is 179 Å². The number of hydrogen-bond donors (Lipinski definition) is 2. The first-order chi connectivity index (χ1) is 14.3. The number of ether oxygens (including phenoxy) is 2. The fraction of sp³-hybridized carbons (Fsp3) is 0.652. The van der Waals surface area contributed by atoms with Crippen LogP contribution >= 0.6 is 0 Å². The Morgan fingerprint density at radius 1 is 1.27 bits per heavy atom. The molecule has 0 saturated carbocycles. The second kappa shape index (κ2) is 9.79. The molecule has 2 aliphatic rings. The van der Waals surface area contributed by atoms with Crippen molar-refractivity contribution in [3.05, 3.63) is 35.4 Å². The van der Waals surface area contributed by atoms with E-state index in [1.807, 2.05) is 49.9 Å². The molecule has 0 bridgehead atoms. The third kappa shape index (κ3) is 5.73. The number of rotatable bonds is 5. The molecule has 0 spiro atoms. The van der Waals surface area contributed by atoms with Crippen molar-refractivity contribution in [2.75, 3.05) is 26.8 Å². The Morgan fingerprint density at radius 2 is 2.07 bits per heavy atom. The lowest BCUT2D eigenvalue weighted by Gasteiger charge is -2.40. The maximum atomic E-state index is 12.7. The van der Waals surface area contributed by atoms with Gasteiger partial charge in [0.05, 0.1) is 6.61 Å². The molecule has 2 aliphatic heterocycles. The van der Waals surface area contributed by atoms with Gasteiger partial charge in [-0.1, -0.05) is 12.1 Å². The minimum Gasteiger partial charge on any atom is -0.444 e. The largest absolute Gasteiger partial charge is 0.444 e. The summed E-state index contributed by atoms with van der Waals surface area (Å²) in [5.41, 5.74) is 1.23. The third-order valence-electron chi connectivity index (χ3n) is 5.81. The molecule has 2 saturated heterocycles. The van der Waals surface area contributed by atoms with E-state index in [0.29, 0.717) is 25.3 Å². The summed E-state index contributed by atoms with van der Waals surface area (Å²) < 4.78 is 11.4. The molecule has 30 heavy (non-hydrogen) atoms. The van der Waals surface area contributed by atoms with E-state index in [0.717, 1.165) is 31.4 Å². The van der Waals surface area contributed by atoms with Crippen LogP contribution in [0.4, 0.5) is 4.79 Å². The van der Waals surface area contributed by atoms with Crippen molar-refractivity contribution in [2.45, 2.75) is 64.3 Å². The SMILES string of the molecule is CNC(=O)c1cccc(CN[C@@H]2CCOC[C@@H]2[C@@H]2CCCN2C(=O)OC(C)(C)C)c1. The Morgan fingerprint density at radius 3 is 2.80 bits per heavy atom. The first kappa shape index (κ1) is 22.6. The van der Waals surface area contributed by atoms with Crippen LogP contribution in [0.2, 0.25) is 0 Å². The minimum atomic E-state index is -0.499. The van der Waals surface area contributed by atoms with Crippen molar-refractivity contribution in [1.82, 2.24) is 15.5 Å². The molecule has 2 amide bonds. The van der Waals surface area contributed by atoms with Crippen LogP contribution in [0.15, 0.2) is 24.3 Å². The number of nitrogens with zero attached hydrogens (tertiary/aromatic N) is 1. The fourth-order valence-electron chi connectivity index (χ4n) is 4.39. The number of nitrogens with one attached hydrogen (secondary N) is 2. The number of likely N-dealkylation sites (tertiary alicyclic amines) is 1. The summed E-state index contributed by atoms with van der Waals surface area (Å²) in [5, 5.41) is 6.33.